The fourth-order valence-electron chi connectivity index (χ4n) is 2.21. The monoisotopic (exact) mass is 309 g/mol. The molecule has 0 saturated carbocycles. The fraction of sp³-hybridized carbons (Fsp3) is 0. The van der Waals surface area contributed by atoms with Gasteiger partial charge in [-0.1, -0.05) is 48.5 Å². The van der Waals surface area contributed by atoms with Gasteiger partial charge in [0, 0.05) is 5.69 Å². The molecule has 0 aliphatic rings. The molecule has 0 aliphatic heterocycles. The fourth-order valence-corrected chi connectivity index (χ4v) is 3.64. The molecular weight excluding hydrogens is 294 g/mol. The highest BCUT2D eigenvalue weighted by atomic mass is 32.2. The summed E-state index contributed by atoms with van der Waals surface area (Å²) in [5.74, 6) is 0. The van der Waals surface area contributed by atoms with Gasteiger partial charge < -0.3 is 5.32 Å². The molecule has 0 amide bonds. The smallest absolute Gasteiger partial charge is 0.208 e. The molecule has 3 aromatic carbocycles. The van der Waals surface area contributed by atoms with Gasteiger partial charge in [0.25, 0.3) is 0 Å². The lowest BCUT2D eigenvalue weighted by Crippen LogP contribution is -2.05. The Morgan fingerprint density at radius 2 is 1.18 bits per heavy atom. The maximum absolute atomic E-state index is 12.8. The second-order valence-electron chi connectivity index (χ2n) is 4.80. The number of benzene rings is 3. The molecule has 0 radical (unpaired) electrons. The molecule has 110 valence electrons. The van der Waals surface area contributed by atoms with Gasteiger partial charge in [0.1, 0.15) is 0 Å². The van der Waals surface area contributed by atoms with Gasteiger partial charge in [-0.15, -0.1) is 0 Å². The van der Waals surface area contributed by atoms with Crippen molar-refractivity contribution in [2.75, 3.05) is 5.32 Å². The number of hydrogen-bond donors (Lipinski definition) is 1. The van der Waals surface area contributed by atoms with Crippen LogP contribution in [0.3, 0.4) is 0 Å². The highest BCUT2D eigenvalue weighted by molar-refractivity contribution is 7.91. The van der Waals surface area contributed by atoms with Crippen LogP contribution in [-0.2, 0) is 9.84 Å². The van der Waals surface area contributed by atoms with Crippen LogP contribution in [-0.4, -0.2) is 8.42 Å². The predicted octanol–water partition coefficient (Wildman–Crippen LogP) is 4.26. The Bertz CT molecular complexity index is 860. The molecule has 0 aromatic heterocycles. The highest BCUT2D eigenvalue weighted by Gasteiger charge is 2.20. The Balaban J connectivity index is 2.05. The zero-order valence-corrected chi connectivity index (χ0v) is 12.6. The normalized spacial score (nSPS) is 11.1. The van der Waals surface area contributed by atoms with Gasteiger partial charge in [-0.05, 0) is 36.4 Å². The molecule has 0 spiro atoms. The molecular formula is C18H15NO2S. The van der Waals surface area contributed by atoms with Crippen molar-refractivity contribution in [3.05, 3.63) is 84.9 Å². The van der Waals surface area contributed by atoms with Crippen LogP contribution in [0.2, 0.25) is 0 Å². The molecule has 0 aliphatic carbocycles. The second kappa shape index (κ2) is 6.03. The molecule has 0 atom stereocenters. The molecule has 3 nitrogen and oxygen atoms in total. The van der Waals surface area contributed by atoms with Crippen molar-refractivity contribution >= 4 is 21.2 Å². The van der Waals surface area contributed by atoms with Crippen LogP contribution in [0.25, 0.3) is 0 Å². The van der Waals surface area contributed by atoms with E-state index in [0.29, 0.717) is 5.69 Å². The minimum atomic E-state index is -3.55. The number of nitrogens with one attached hydrogen (secondary N) is 1. The van der Waals surface area contributed by atoms with E-state index < -0.39 is 9.84 Å². The number of hydrogen-bond acceptors (Lipinski definition) is 3. The zero-order chi connectivity index (χ0) is 15.4. The van der Waals surface area contributed by atoms with Crippen molar-refractivity contribution in [2.24, 2.45) is 0 Å². The summed E-state index contributed by atoms with van der Waals surface area (Å²) in [5.41, 5.74) is 1.41. The minimum absolute atomic E-state index is 0.269. The summed E-state index contributed by atoms with van der Waals surface area (Å²) in [6.07, 6.45) is 0. The molecule has 0 unspecified atom stereocenters. The average Bonchev–Trinajstić information content (AvgIpc) is 2.57. The van der Waals surface area contributed by atoms with E-state index in [4.69, 9.17) is 0 Å². The van der Waals surface area contributed by atoms with Gasteiger partial charge in [0.15, 0.2) is 0 Å². The van der Waals surface area contributed by atoms with Crippen molar-refractivity contribution in [1.29, 1.82) is 0 Å². The van der Waals surface area contributed by atoms with Crippen molar-refractivity contribution < 1.29 is 8.42 Å². The first kappa shape index (κ1) is 14.4. The van der Waals surface area contributed by atoms with Gasteiger partial charge in [0.2, 0.25) is 9.84 Å². The van der Waals surface area contributed by atoms with E-state index in [1.54, 1.807) is 48.5 Å². The molecule has 0 saturated heterocycles. The third kappa shape index (κ3) is 2.87. The van der Waals surface area contributed by atoms with Gasteiger partial charge in [-0.2, -0.15) is 0 Å². The third-order valence-electron chi connectivity index (χ3n) is 3.28. The van der Waals surface area contributed by atoms with Gasteiger partial charge in [-0.3, -0.25) is 0 Å². The predicted molar refractivity (Wildman–Crippen MR) is 88.1 cm³/mol. The molecule has 3 aromatic rings. The van der Waals surface area contributed by atoms with Gasteiger partial charge in [0.05, 0.1) is 15.5 Å². The summed E-state index contributed by atoms with van der Waals surface area (Å²) in [4.78, 5) is 0.558. The lowest BCUT2D eigenvalue weighted by molar-refractivity contribution is 0.596. The largest absolute Gasteiger partial charge is 0.354 e. The molecule has 22 heavy (non-hydrogen) atoms. The average molecular weight is 309 g/mol. The van der Waals surface area contributed by atoms with Crippen LogP contribution in [0.5, 0.6) is 0 Å². The Morgan fingerprint density at radius 1 is 0.636 bits per heavy atom. The lowest BCUT2D eigenvalue weighted by Gasteiger charge is -2.12. The van der Waals surface area contributed by atoms with Crippen molar-refractivity contribution in [3.8, 4) is 0 Å². The van der Waals surface area contributed by atoms with Crippen molar-refractivity contribution in [3.63, 3.8) is 0 Å². The van der Waals surface area contributed by atoms with Crippen LogP contribution in [0.1, 0.15) is 0 Å². The number of anilines is 2. The number of sulfone groups is 1. The maximum atomic E-state index is 12.8. The van der Waals surface area contributed by atoms with E-state index >= 15 is 0 Å². The van der Waals surface area contributed by atoms with E-state index in [0.717, 1.165) is 5.69 Å². The molecule has 1 N–H and O–H groups in total. The molecule has 0 fully saturated rings. The van der Waals surface area contributed by atoms with Crippen molar-refractivity contribution in [2.45, 2.75) is 9.79 Å². The highest BCUT2D eigenvalue weighted by Crippen LogP contribution is 2.29. The molecule has 0 heterocycles. The standard InChI is InChI=1S/C18H15NO2S/c20-22(21,16-11-5-2-6-12-16)18-14-8-7-13-17(18)19-15-9-3-1-4-10-15/h1-14,19H. The minimum Gasteiger partial charge on any atom is -0.354 e. The Kier molecular flexibility index (Phi) is 3.94. The van der Waals surface area contributed by atoms with Gasteiger partial charge >= 0.3 is 0 Å². The van der Waals surface area contributed by atoms with E-state index in [9.17, 15) is 8.42 Å². The van der Waals surface area contributed by atoms with E-state index in [2.05, 4.69) is 5.32 Å². The molecule has 4 heteroatoms. The molecule has 3 rings (SSSR count). The summed E-state index contributed by atoms with van der Waals surface area (Å²) in [6.45, 7) is 0. The summed E-state index contributed by atoms with van der Waals surface area (Å²) in [6, 6.07) is 24.9. The number of para-hydroxylation sites is 2. The first-order chi connectivity index (χ1) is 10.7. The quantitative estimate of drug-likeness (QED) is 0.783. The third-order valence-corrected chi connectivity index (χ3v) is 5.11. The first-order valence-electron chi connectivity index (χ1n) is 6.89. The Morgan fingerprint density at radius 3 is 1.86 bits per heavy atom. The Hall–Kier alpha value is -2.59. The van der Waals surface area contributed by atoms with Gasteiger partial charge in [-0.25, -0.2) is 8.42 Å². The summed E-state index contributed by atoms with van der Waals surface area (Å²) < 4.78 is 25.6. The summed E-state index contributed by atoms with van der Waals surface area (Å²) >= 11 is 0. The van der Waals surface area contributed by atoms with Crippen LogP contribution < -0.4 is 5.32 Å². The van der Waals surface area contributed by atoms with Crippen LogP contribution in [0, 0.1) is 0 Å². The van der Waals surface area contributed by atoms with Crippen molar-refractivity contribution in [1.82, 2.24) is 0 Å². The van der Waals surface area contributed by atoms with Crippen LogP contribution in [0.15, 0.2) is 94.7 Å². The maximum Gasteiger partial charge on any atom is 0.208 e. The van der Waals surface area contributed by atoms with E-state index in [-0.39, 0.29) is 9.79 Å². The summed E-state index contributed by atoms with van der Waals surface area (Å²) in [7, 11) is -3.55. The Labute approximate surface area is 130 Å². The zero-order valence-electron chi connectivity index (χ0n) is 11.8. The van der Waals surface area contributed by atoms with E-state index in [1.165, 1.54) is 0 Å². The second-order valence-corrected chi connectivity index (χ2v) is 6.72. The summed E-state index contributed by atoms with van der Waals surface area (Å²) in [5, 5.41) is 3.17. The number of rotatable bonds is 4. The van der Waals surface area contributed by atoms with E-state index in [1.807, 2.05) is 36.4 Å². The van der Waals surface area contributed by atoms with Crippen LogP contribution >= 0.6 is 0 Å². The van der Waals surface area contributed by atoms with Crippen LogP contribution in [0.4, 0.5) is 11.4 Å². The SMILES string of the molecule is O=S(=O)(c1ccccc1)c1ccccc1Nc1ccccc1. The molecule has 0 bridgehead atoms. The topological polar surface area (TPSA) is 46.2 Å². The lowest BCUT2D eigenvalue weighted by atomic mass is 10.3. The first-order valence-corrected chi connectivity index (χ1v) is 8.37.